The molecule has 8 nitrogen and oxygen atoms in total. The van der Waals surface area contributed by atoms with Gasteiger partial charge in [0.25, 0.3) is 0 Å². The van der Waals surface area contributed by atoms with Crippen LogP contribution in [0.25, 0.3) is 0 Å². The van der Waals surface area contributed by atoms with Crippen LogP contribution in [0.15, 0.2) is 17.6 Å². The van der Waals surface area contributed by atoms with Gasteiger partial charge in [0.15, 0.2) is 0 Å². The molecule has 6 rings (SSSR count). The number of benzene rings is 1. The number of amides is 2. The zero-order valence-corrected chi connectivity index (χ0v) is 23.9. The van der Waals surface area contributed by atoms with Crippen molar-refractivity contribution in [2.45, 2.75) is 78.0 Å². The molecule has 1 N–H and O–H groups in total. The molecule has 3 atom stereocenters. The molecule has 208 valence electrons. The lowest BCUT2D eigenvalue weighted by molar-refractivity contribution is -0.165. The SMILES string of the molecule is Cc1scnc1COc1ccc(Cl)c2c1C(N1CC3(CC3)CC1=O)N(C(=O)C1CCCC[C@]1(C)C(=O)O)CC2. The molecule has 0 radical (unpaired) electrons. The van der Waals surface area contributed by atoms with Gasteiger partial charge in [-0.1, -0.05) is 24.4 Å². The van der Waals surface area contributed by atoms with Gasteiger partial charge in [-0.25, -0.2) is 4.98 Å². The minimum absolute atomic E-state index is 0.0128. The van der Waals surface area contributed by atoms with Crippen molar-refractivity contribution in [3.8, 4) is 5.75 Å². The van der Waals surface area contributed by atoms with E-state index >= 15 is 0 Å². The number of fused-ring (bicyclic) bond motifs is 1. The highest BCUT2D eigenvalue weighted by Crippen LogP contribution is 2.56. The van der Waals surface area contributed by atoms with Crippen molar-refractivity contribution in [3.63, 3.8) is 0 Å². The smallest absolute Gasteiger partial charge is 0.310 e. The molecule has 4 aliphatic rings. The molecule has 2 aromatic rings. The summed E-state index contributed by atoms with van der Waals surface area (Å²) in [5.74, 6) is -1.18. The Kier molecular flexibility index (Phi) is 6.65. The number of halogens is 1. The molecule has 1 aromatic carbocycles. The number of nitrogens with zero attached hydrogens (tertiary/aromatic N) is 3. The van der Waals surface area contributed by atoms with Crippen LogP contribution in [-0.4, -0.2) is 50.8 Å². The van der Waals surface area contributed by atoms with Gasteiger partial charge in [0, 0.05) is 35.0 Å². The first-order chi connectivity index (χ1) is 18.6. The van der Waals surface area contributed by atoms with E-state index in [0.29, 0.717) is 49.5 Å². The van der Waals surface area contributed by atoms with Crippen molar-refractivity contribution in [1.82, 2.24) is 14.8 Å². The van der Waals surface area contributed by atoms with Gasteiger partial charge in [0.2, 0.25) is 11.8 Å². The molecule has 2 amide bonds. The molecule has 3 fully saturated rings. The zero-order chi connectivity index (χ0) is 27.5. The van der Waals surface area contributed by atoms with Crippen molar-refractivity contribution >= 4 is 40.7 Å². The lowest BCUT2D eigenvalue weighted by Gasteiger charge is -2.47. The molecular weight excluding hydrogens is 538 g/mol. The van der Waals surface area contributed by atoms with Crippen molar-refractivity contribution in [1.29, 1.82) is 0 Å². The van der Waals surface area contributed by atoms with Crippen LogP contribution in [0.5, 0.6) is 5.75 Å². The predicted molar refractivity (Wildman–Crippen MR) is 146 cm³/mol. The highest BCUT2D eigenvalue weighted by atomic mass is 35.5. The fourth-order valence-electron chi connectivity index (χ4n) is 6.81. The van der Waals surface area contributed by atoms with Gasteiger partial charge in [-0.2, -0.15) is 0 Å². The van der Waals surface area contributed by atoms with Crippen LogP contribution in [0.1, 0.15) is 79.7 Å². The minimum atomic E-state index is -1.14. The first-order valence-corrected chi connectivity index (χ1v) is 15.1. The number of aryl methyl sites for hydroxylation is 1. The Hall–Kier alpha value is -2.65. The first kappa shape index (κ1) is 26.6. The average Bonchev–Trinajstić information content (AvgIpc) is 3.41. The first-order valence-electron chi connectivity index (χ1n) is 13.8. The topological polar surface area (TPSA) is 100 Å². The van der Waals surface area contributed by atoms with Crippen LogP contribution >= 0.6 is 22.9 Å². The summed E-state index contributed by atoms with van der Waals surface area (Å²) in [7, 11) is 0. The van der Waals surface area contributed by atoms with Gasteiger partial charge < -0.3 is 19.6 Å². The largest absolute Gasteiger partial charge is 0.487 e. The number of carbonyl (C=O) groups excluding carboxylic acids is 2. The van der Waals surface area contributed by atoms with E-state index < -0.39 is 23.5 Å². The molecule has 10 heteroatoms. The third-order valence-corrected chi connectivity index (χ3v) is 10.7. The fourth-order valence-corrected chi connectivity index (χ4v) is 7.65. The summed E-state index contributed by atoms with van der Waals surface area (Å²) in [4.78, 5) is 49.4. The summed E-state index contributed by atoms with van der Waals surface area (Å²) >= 11 is 8.28. The molecule has 1 aromatic heterocycles. The maximum atomic E-state index is 14.4. The number of thiazole rings is 1. The Morgan fingerprint density at radius 2 is 2.05 bits per heavy atom. The molecule has 1 saturated heterocycles. The third-order valence-electron chi connectivity index (χ3n) is 9.51. The van der Waals surface area contributed by atoms with Gasteiger partial charge in [-0.05, 0) is 69.1 Å². The number of hydrogen-bond acceptors (Lipinski definition) is 6. The number of aliphatic carboxylic acids is 1. The standard InChI is InChI=1S/C29H34ClN3O5S/c1-17-21(31-16-39-17)14-38-22-7-6-20(30)18-8-12-32(26(35)19-5-3-4-9-28(19,2)27(36)37)25(24(18)22)33-15-29(10-11-29)13-23(33)34/h6-7,16,19,25H,3-5,8-15H2,1-2H3,(H,36,37)/t19?,25?,28-/m0/s1. The van der Waals surface area contributed by atoms with Crippen LogP contribution in [0.2, 0.25) is 5.02 Å². The maximum absolute atomic E-state index is 14.4. The molecule has 39 heavy (non-hydrogen) atoms. The number of likely N-dealkylation sites (tertiary alicyclic amines) is 1. The van der Waals surface area contributed by atoms with Gasteiger partial charge in [-0.3, -0.25) is 14.4 Å². The normalized spacial score (nSPS) is 27.5. The van der Waals surface area contributed by atoms with Gasteiger partial charge >= 0.3 is 5.97 Å². The van der Waals surface area contributed by atoms with Crippen LogP contribution < -0.4 is 4.74 Å². The second-order valence-corrected chi connectivity index (χ2v) is 13.4. The fraction of sp³-hybridized carbons (Fsp3) is 0.586. The molecule has 0 bridgehead atoms. The summed E-state index contributed by atoms with van der Waals surface area (Å²) < 4.78 is 6.35. The molecule has 2 saturated carbocycles. The van der Waals surface area contributed by atoms with E-state index in [4.69, 9.17) is 16.3 Å². The molecule has 3 heterocycles. The summed E-state index contributed by atoms with van der Waals surface area (Å²) in [5, 5.41) is 10.7. The van der Waals surface area contributed by atoms with Crippen molar-refractivity contribution < 1.29 is 24.2 Å². The number of carboxylic acid groups (broad SMARTS) is 1. The van der Waals surface area contributed by atoms with E-state index in [0.717, 1.165) is 47.4 Å². The van der Waals surface area contributed by atoms with Crippen molar-refractivity contribution in [2.75, 3.05) is 13.1 Å². The van der Waals surface area contributed by atoms with Crippen LogP contribution in [0.4, 0.5) is 0 Å². The number of carboxylic acids is 1. The lowest BCUT2D eigenvalue weighted by Crippen LogP contribution is -2.54. The number of carbonyl (C=O) groups is 3. The van der Waals surface area contributed by atoms with E-state index in [-0.39, 0.29) is 23.8 Å². The van der Waals surface area contributed by atoms with E-state index in [9.17, 15) is 19.5 Å². The zero-order valence-electron chi connectivity index (χ0n) is 22.4. The molecule has 2 aliphatic carbocycles. The Labute approximate surface area is 237 Å². The minimum Gasteiger partial charge on any atom is -0.487 e. The quantitative estimate of drug-likeness (QED) is 0.501. The third kappa shape index (κ3) is 4.51. The highest BCUT2D eigenvalue weighted by Gasteiger charge is 2.56. The number of aromatic nitrogens is 1. The lowest BCUT2D eigenvalue weighted by atomic mass is 9.66. The summed E-state index contributed by atoms with van der Waals surface area (Å²) in [6.07, 6.45) is 4.90. The van der Waals surface area contributed by atoms with Crippen molar-refractivity contribution in [3.05, 3.63) is 44.4 Å². The Morgan fingerprint density at radius 3 is 2.72 bits per heavy atom. The number of ether oxygens (including phenoxy) is 1. The molecular formula is C29H34ClN3O5S. The van der Waals surface area contributed by atoms with E-state index in [1.807, 2.05) is 24.0 Å². The van der Waals surface area contributed by atoms with E-state index in [2.05, 4.69) is 4.98 Å². The summed E-state index contributed by atoms with van der Waals surface area (Å²) in [6.45, 7) is 4.91. The molecule has 1 spiro atoms. The summed E-state index contributed by atoms with van der Waals surface area (Å²) in [5.41, 5.74) is 3.11. The number of hydrogen-bond donors (Lipinski definition) is 1. The number of rotatable bonds is 6. The van der Waals surface area contributed by atoms with E-state index in [1.54, 1.807) is 28.7 Å². The highest BCUT2D eigenvalue weighted by molar-refractivity contribution is 7.09. The van der Waals surface area contributed by atoms with Crippen molar-refractivity contribution in [2.24, 2.45) is 16.7 Å². The van der Waals surface area contributed by atoms with Gasteiger partial charge in [-0.15, -0.1) is 11.3 Å². The van der Waals surface area contributed by atoms with E-state index in [1.165, 1.54) is 0 Å². The Balaban J connectivity index is 1.42. The van der Waals surface area contributed by atoms with Crippen LogP contribution in [0, 0.1) is 23.7 Å². The maximum Gasteiger partial charge on any atom is 0.310 e. The molecule has 2 aliphatic heterocycles. The Bertz CT molecular complexity index is 1340. The Morgan fingerprint density at radius 1 is 1.26 bits per heavy atom. The molecule has 2 unspecified atom stereocenters. The summed E-state index contributed by atoms with van der Waals surface area (Å²) in [6, 6.07) is 3.63. The van der Waals surface area contributed by atoms with Crippen LogP contribution in [-0.2, 0) is 27.4 Å². The van der Waals surface area contributed by atoms with Crippen LogP contribution in [0.3, 0.4) is 0 Å². The monoisotopic (exact) mass is 571 g/mol. The van der Waals surface area contributed by atoms with Gasteiger partial charge in [0.05, 0.1) is 22.5 Å². The average molecular weight is 572 g/mol. The van der Waals surface area contributed by atoms with Gasteiger partial charge in [0.1, 0.15) is 18.5 Å². The second-order valence-electron chi connectivity index (χ2n) is 12.0. The second kappa shape index (κ2) is 9.77. The predicted octanol–water partition coefficient (Wildman–Crippen LogP) is 5.36.